The second-order valence-corrected chi connectivity index (χ2v) is 11.0. The van der Waals surface area contributed by atoms with E-state index in [1.807, 2.05) is 24.1 Å². The van der Waals surface area contributed by atoms with Gasteiger partial charge in [0.05, 0.1) is 25.3 Å². The fraction of sp³-hybridized carbons (Fsp3) is 0.476. The third-order valence-corrected chi connectivity index (χ3v) is 7.43. The monoisotopic (exact) mass is 498 g/mol. The zero-order chi connectivity index (χ0) is 24.4. The van der Waals surface area contributed by atoms with Crippen molar-refractivity contribution in [1.29, 1.82) is 0 Å². The molecule has 180 valence electrons. The number of hydrogen-bond donors (Lipinski definition) is 2. The zero-order valence-electron chi connectivity index (χ0n) is 19.5. The molecule has 0 aliphatic carbocycles. The van der Waals surface area contributed by atoms with E-state index in [0.717, 1.165) is 5.56 Å². The number of rotatable bonds is 8. The van der Waals surface area contributed by atoms with Crippen LogP contribution in [0.25, 0.3) is 0 Å². The highest BCUT2D eigenvalue weighted by Gasteiger charge is 2.56. The Morgan fingerprint density at radius 2 is 2.03 bits per heavy atom. The highest BCUT2D eigenvalue weighted by molar-refractivity contribution is 7.90. The van der Waals surface area contributed by atoms with Crippen LogP contribution >= 0.6 is 11.6 Å². The van der Waals surface area contributed by atoms with Crippen molar-refractivity contribution < 1.29 is 27.1 Å². The molecule has 2 aliphatic rings. The summed E-state index contributed by atoms with van der Waals surface area (Å²) in [6.07, 6.45) is 2.31. The largest absolute Gasteiger partial charge is 0.478 e. The minimum Gasteiger partial charge on any atom is -0.302 e. The third-order valence-electron chi connectivity index (χ3n) is 5.56. The minimum atomic E-state index is -3.78. The quantitative estimate of drug-likeness (QED) is 0.240. The molecule has 1 amide bonds. The van der Waals surface area contributed by atoms with Crippen LogP contribution in [0.2, 0.25) is 5.02 Å². The number of likely N-dealkylation sites (N-methyl/N-ethyl adjacent to an activating group) is 1. The van der Waals surface area contributed by atoms with Gasteiger partial charge in [-0.05, 0) is 26.0 Å². The Balaban J connectivity index is 2.08. The van der Waals surface area contributed by atoms with E-state index < -0.39 is 15.3 Å². The molecule has 0 aromatic heterocycles. The lowest BCUT2D eigenvalue weighted by Crippen LogP contribution is -2.52. The summed E-state index contributed by atoms with van der Waals surface area (Å²) in [5, 5.41) is 3.03. The summed E-state index contributed by atoms with van der Waals surface area (Å²) < 4.78 is 31.0. The van der Waals surface area contributed by atoms with E-state index in [0.29, 0.717) is 42.8 Å². The number of nitrogens with one attached hydrogen (secondary N) is 2. The van der Waals surface area contributed by atoms with Crippen LogP contribution in [0.1, 0.15) is 25.8 Å². The number of hydrogen-bond acceptors (Lipinski definition) is 6. The Hall–Kier alpha value is -2.31. The van der Waals surface area contributed by atoms with E-state index in [1.54, 1.807) is 50.9 Å². The summed E-state index contributed by atoms with van der Waals surface area (Å²) in [5.74, 6) is 0.512. The van der Waals surface area contributed by atoms with Gasteiger partial charge in [-0.2, -0.15) is 0 Å². The average Bonchev–Trinajstić information content (AvgIpc) is 3.02. The van der Waals surface area contributed by atoms with Crippen molar-refractivity contribution in [2.24, 2.45) is 4.40 Å². The number of sulfonamides is 1. The number of benzene rings is 1. The van der Waals surface area contributed by atoms with E-state index in [-0.39, 0.29) is 16.3 Å². The number of carbonyl (C=O) groups is 1. The molecule has 1 unspecified atom stereocenters. The fourth-order valence-electron chi connectivity index (χ4n) is 3.67. The summed E-state index contributed by atoms with van der Waals surface area (Å²) in [6.45, 7) is 4.18. The van der Waals surface area contributed by atoms with Gasteiger partial charge < -0.3 is 9.74 Å². The van der Waals surface area contributed by atoms with Crippen molar-refractivity contribution in [3.63, 3.8) is 0 Å². The molecule has 0 bridgehead atoms. The highest BCUT2D eigenvalue weighted by Crippen LogP contribution is 2.33. The van der Waals surface area contributed by atoms with Gasteiger partial charge in [0, 0.05) is 24.7 Å². The maximum Gasteiger partial charge on any atom is 0.478 e. The topological polar surface area (TPSA) is 103 Å². The van der Waals surface area contributed by atoms with Crippen LogP contribution in [0, 0.1) is 0 Å². The lowest BCUT2D eigenvalue weighted by molar-refractivity contribution is -0.793. The standard InChI is InChI=1S/C21H30ClN6O4S/c1-15(2)33(30,31)25-21-24-19-18(28(21,5)13-16-7-9-17(22)10-8-16)20(29)27(14-26(19)4)11-6-12-32-23-3/h7-11,15,23H,6,12-14H2,1-5H3/q+1/p+1. The summed E-state index contributed by atoms with van der Waals surface area (Å²) >= 11 is 6.04. The Morgan fingerprint density at radius 1 is 1.36 bits per heavy atom. The van der Waals surface area contributed by atoms with Crippen molar-refractivity contribution >= 4 is 39.7 Å². The van der Waals surface area contributed by atoms with Gasteiger partial charge in [0.2, 0.25) is 6.67 Å². The molecule has 1 atom stereocenters. The number of carbonyl (C=O) groups excluding carboxylic acids is 1. The second-order valence-electron chi connectivity index (χ2n) is 8.42. The fourth-order valence-corrected chi connectivity index (χ4v) is 4.48. The highest BCUT2D eigenvalue weighted by atomic mass is 35.5. The maximum atomic E-state index is 13.6. The first kappa shape index (κ1) is 25.3. The first-order chi connectivity index (χ1) is 15.5. The van der Waals surface area contributed by atoms with Gasteiger partial charge in [0.1, 0.15) is 6.54 Å². The Bertz CT molecular complexity index is 1110. The second kappa shape index (κ2) is 9.90. The van der Waals surface area contributed by atoms with Gasteiger partial charge >= 0.3 is 11.9 Å². The third kappa shape index (κ3) is 5.28. The summed E-state index contributed by atoms with van der Waals surface area (Å²) in [5.41, 5.74) is 3.90. The van der Waals surface area contributed by atoms with Gasteiger partial charge in [-0.15, -0.1) is 4.58 Å². The first-order valence-electron chi connectivity index (χ1n) is 10.6. The molecule has 2 aliphatic heterocycles. The van der Waals surface area contributed by atoms with Crippen LogP contribution < -0.4 is 10.8 Å². The Labute approximate surface area is 199 Å². The Kier molecular flexibility index (Phi) is 7.59. The van der Waals surface area contributed by atoms with Crippen LogP contribution in [-0.2, 0) is 26.2 Å². The molecule has 1 aromatic rings. The number of halogens is 1. The number of nitrogens with zero attached hydrogens (tertiary/aromatic N) is 4. The van der Waals surface area contributed by atoms with Crippen molar-refractivity contribution in [2.75, 3.05) is 34.4 Å². The summed E-state index contributed by atoms with van der Waals surface area (Å²) in [7, 11) is 1.53. The smallest absolute Gasteiger partial charge is 0.302 e. The number of guanidine groups is 1. The molecule has 3 rings (SSSR count). The molecule has 10 nitrogen and oxygen atoms in total. The molecule has 0 radical (unpaired) electrons. The zero-order valence-corrected chi connectivity index (χ0v) is 21.1. The first-order valence-corrected chi connectivity index (χ1v) is 12.5. The molecule has 0 saturated carbocycles. The maximum absolute atomic E-state index is 13.6. The molecule has 12 heteroatoms. The van der Waals surface area contributed by atoms with E-state index in [2.05, 4.69) is 15.2 Å². The molecular formula is C21H31ClN6O4S+2. The number of amides is 1. The predicted molar refractivity (Wildman–Crippen MR) is 127 cm³/mol. The van der Waals surface area contributed by atoms with Crippen molar-refractivity contribution in [2.45, 2.75) is 32.1 Å². The SMILES string of the molecule is CNOCCC=[N+]1CN(C)C2=C(C1=O)[N+](C)(Cc1ccc(Cl)cc1)C(=NS(=O)(=O)C(C)C)N2. The molecule has 0 spiro atoms. The van der Waals surface area contributed by atoms with Crippen LogP contribution in [0.3, 0.4) is 0 Å². The molecule has 2 heterocycles. The van der Waals surface area contributed by atoms with E-state index in [9.17, 15) is 13.2 Å². The van der Waals surface area contributed by atoms with Crippen molar-refractivity contribution in [3.05, 3.63) is 46.4 Å². The summed E-state index contributed by atoms with van der Waals surface area (Å²) in [4.78, 5) is 20.6. The van der Waals surface area contributed by atoms with Gasteiger partial charge in [-0.25, -0.2) is 23.2 Å². The molecular weight excluding hydrogens is 468 g/mol. The lowest BCUT2D eigenvalue weighted by Gasteiger charge is -2.29. The molecule has 0 fully saturated rings. The van der Waals surface area contributed by atoms with E-state index >= 15 is 0 Å². The molecule has 1 aromatic carbocycles. The van der Waals surface area contributed by atoms with Crippen LogP contribution in [0.15, 0.2) is 40.2 Å². The minimum absolute atomic E-state index is 0.122. The summed E-state index contributed by atoms with van der Waals surface area (Å²) in [6, 6.07) is 7.24. The predicted octanol–water partition coefficient (Wildman–Crippen LogP) is 1.21. The van der Waals surface area contributed by atoms with Crippen molar-refractivity contribution in [1.82, 2.24) is 15.7 Å². The van der Waals surface area contributed by atoms with E-state index in [1.165, 1.54) is 0 Å². The lowest BCUT2D eigenvalue weighted by atomic mass is 10.1. The van der Waals surface area contributed by atoms with Crippen LogP contribution in [0.4, 0.5) is 0 Å². The number of hydroxylamine groups is 1. The van der Waals surface area contributed by atoms with E-state index in [4.69, 9.17) is 16.4 Å². The Morgan fingerprint density at radius 3 is 2.64 bits per heavy atom. The van der Waals surface area contributed by atoms with Gasteiger partial charge in [-0.3, -0.25) is 5.32 Å². The van der Waals surface area contributed by atoms with Crippen molar-refractivity contribution in [3.8, 4) is 0 Å². The van der Waals surface area contributed by atoms with Gasteiger partial charge in [-0.1, -0.05) is 28.1 Å². The normalized spacial score (nSPS) is 23.6. The van der Waals surface area contributed by atoms with Gasteiger partial charge in [0.15, 0.2) is 12.0 Å². The number of quaternary nitrogens is 1. The van der Waals surface area contributed by atoms with Crippen LogP contribution in [0.5, 0.6) is 0 Å². The van der Waals surface area contributed by atoms with Crippen LogP contribution in [-0.4, -0.2) is 80.1 Å². The molecule has 33 heavy (non-hydrogen) atoms. The molecule has 2 N–H and O–H groups in total. The molecule has 0 saturated heterocycles. The van der Waals surface area contributed by atoms with Gasteiger partial charge in [0.25, 0.3) is 15.7 Å². The average molecular weight is 499 g/mol.